The van der Waals surface area contributed by atoms with Crippen molar-refractivity contribution in [2.75, 3.05) is 46.0 Å². The van der Waals surface area contributed by atoms with Crippen molar-refractivity contribution in [2.45, 2.75) is 11.3 Å². The first-order valence-corrected chi connectivity index (χ1v) is 11.5. The summed E-state index contributed by atoms with van der Waals surface area (Å²) in [7, 11) is -3.69. The molecule has 0 saturated carbocycles. The van der Waals surface area contributed by atoms with Crippen LogP contribution in [0.25, 0.3) is 0 Å². The summed E-state index contributed by atoms with van der Waals surface area (Å²) in [6, 6.07) is 11.0. The van der Waals surface area contributed by atoms with Crippen molar-refractivity contribution in [3.63, 3.8) is 0 Å². The number of carbonyl (C=O) groups excluding carboxylic acids is 1. The third-order valence-corrected chi connectivity index (χ3v) is 7.04. The van der Waals surface area contributed by atoms with E-state index in [-0.39, 0.29) is 42.7 Å². The van der Waals surface area contributed by atoms with E-state index in [0.29, 0.717) is 43.6 Å². The van der Waals surface area contributed by atoms with Crippen molar-refractivity contribution in [3.05, 3.63) is 42.5 Å². The summed E-state index contributed by atoms with van der Waals surface area (Å²) in [6.07, 6.45) is 0.171. The maximum Gasteiger partial charge on any atom is 0.243 e. The first kappa shape index (κ1) is 21.3. The Kier molecular flexibility index (Phi) is 6.19. The lowest BCUT2D eigenvalue weighted by Gasteiger charge is -2.34. The minimum Gasteiger partial charge on any atom is -0.508 e. The average molecular weight is 448 g/mol. The number of sulfonamides is 1. The number of hydrogen-bond donors (Lipinski definition) is 1. The number of aromatic hydroxyl groups is 1. The van der Waals surface area contributed by atoms with E-state index >= 15 is 0 Å². The van der Waals surface area contributed by atoms with Gasteiger partial charge in [-0.2, -0.15) is 4.31 Å². The lowest BCUT2D eigenvalue weighted by Crippen LogP contribution is -2.50. The molecular formula is C21H24N2O7S. The number of phenols is 1. The van der Waals surface area contributed by atoms with Gasteiger partial charge < -0.3 is 24.2 Å². The monoisotopic (exact) mass is 448 g/mol. The summed E-state index contributed by atoms with van der Waals surface area (Å²) in [5.74, 6) is 1.44. The molecular weight excluding hydrogens is 424 g/mol. The van der Waals surface area contributed by atoms with Gasteiger partial charge in [-0.1, -0.05) is 6.07 Å². The second-order valence-corrected chi connectivity index (χ2v) is 9.12. The van der Waals surface area contributed by atoms with Crippen LogP contribution in [-0.4, -0.2) is 74.6 Å². The van der Waals surface area contributed by atoms with Crippen LogP contribution in [0.4, 0.5) is 0 Å². The van der Waals surface area contributed by atoms with Crippen LogP contribution in [0.5, 0.6) is 23.0 Å². The lowest BCUT2D eigenvalue weighted by atomic mass is 10.3. The van der Waals surface area contributed by atoms with E-state index in [1.165, 1.54) is 28.6 Å². The van der Waals surface area contributed by atoms with Crippen molar-refractivity contribution >= 4 is 15.9 Å². The molecule has 166 valence electrons. The zero-order chi connectivity index (χ0) is 21.8. The Morgan fingerprint density at radius 2 is 1.74 bits per heavy atom. The molecule has 31 heavy (non-hydrogen) atoms. The molecule has 1 saturated heterocycles. The van der Waals surface area contributed by atoms with Gasteiger partial charge in [0.1, 0.15) is 24.7 Å². The van der Waals surface area contributed by atoms with Crippen LogP contribution in [0.1, 0.15) is 6.42 Å². The summed E-state index contributed by atoms with van der Waals surface area (Å²) in [5.41, 5.74) is 0. The molecule has 0 aromatic heterocycles. The molecule has 2 aromatic rings. The van der Waals surface area contributed by atoms with E-state index in [2.05, 4.69) is 0 Å². The van der Waals surface area contributed by atoms with Crippen LogP contribution in [0.3, 0.4) is 0 Å². The molecule has 1 fully saturated rings. The van der Waals surface area contributed by atoms with E-state index in [0.717, 1.165) is 0 Å². The molecule has 4 rings (SSSR count). The Balaban J connectivity index is 1.30. The van der Waals surface area contributed by atoms with Gasteiger partial charge in [0.15, 0.2) is 11.5 Å². The van der Waals surface area contributed by atoms with E-state index in [1.807, 2.05) is 0 Å². The molecule has 9 nitrogen and oxygen atoms in total. The number of fused-ring (bicyclic) bond motifs is 1. The van der Waals surface area contributed by atoms with Crippen LogP contribution >= 0.6 is 0 Å². The van der Waals surface area contributed by atoms with E-state index in [9.17, 15) is 18.3 Å². The van der Waals surface area contributed by atoms with E-state index in [1.54, 1.807) is 23.1 Å². The third-order valence-electron chi connectivity index (χ3n) is 5.15. The Hall–Kier alpha value is -2.98. The Morgan fingerprint density at radius 3 is 2.48 bits per heavy atom. The molecule has 0 spiro atoms. The highest BCUT2D eigenvalue weighted by atomic mass is 32.2. The van der Waals surface area contributed by atoms with Crippen LogP contribution in [0.2, 0.25) is 0 Å². The highest BCUT2D eigenvalue weighted by Gasteiger charge is 2.31. The second kappa shape index (κ2) is 9.03. The van der Waals surface area contributed by atoms with Gasteiger partial charge in [-0.05, 0) is 24.3 Å². The number of hydrogen-bond acceptors (Lipinski definition) is 7. The molecule has 2 heterocycles. The van der Waals surface area contributed by atoms with Gasteiger partial charge in [0.25, 0.3) is 0 Å². The van der Waals surface area contributed by atoms with Crippen molar-refractivity contribution < 1.29 is 32.5 Å². The topological polar surface area (TPSA) is 106 Å². The Bertz CT molecular complexity index is 1050. The minimum absolute atomic E-state index is 0.0965. The van der Waals surface area contributed by atoms with Gasteiger partial charge in [-0.15, -0.1) is 0 Å². The summed E-state index contributed by atoms with van der Waals surface area (Å²) in [6.45, 7) is 2.06. The minimum atomic E-state index is -3.69. The maximum atomic E-state index is 13.0. The van der Waals surface area contributed by atoms with Crippen molar-refractivity contribution in [3.8, 4) is 23.0 Å². The van der Waals surface area contributed by atoms with Crippen molar-refractivity contribution in [1.82, 2.24) is 9.21 Å². The number of carbonyl (C=O) groups is 1. The normalized spacial score (nSPS) is 16.7. The summed E-state index contributed by atoms with van der Waals surface area (Å²) in [4.78, 5) is 14.2. The number of amides is 1. The fraction of sp³-hybridized carbons (Fsp3) is 0.381. The highest BCUT2D eigenvalue weighted by molar-refractivity contribution is 7.89. The zero-order valence-electron chi connectivity index (χ0n) is 16.9. The summed E-state index contributed by atoms with van der Waals surface area (Å²) >= 11 is 0. The molecule has 2 aliphatic rings. The summed E-state index contributed by atoms with van der Waals surface area (Å²) in [5, 5.41) is 9.43. The molecule has 10 heteroatoms. The number of rotatable bonds is 6. The molecule has 0 bridgehead atoms. The summed E-state index contributed by atoms with van der Waals surface area (Å²) < 4.78 is 43.8. The van der Waals surface area contributed by atoms with Gasteiger partial charge in [0.2, 0.25) is 15.9 Å². The predicted octanol–water partition coefficient (Wildman–Crippen LogP) is 1.47. The van der Waals surface area contributed by atoms with Crippen molar-refractivity contribution in [2.24, 2.45) is 0 Å². The van der Waals surface area contributed by atoms with Crippen LogP contribution in [-0.2, 0) is 14.8 Å². The largest absolute Gasteiger partial charge is 0.508 e. The Labute approximate surface area is 180 Å². The lowest BCUT2D eigenvalue weighted by molar-refractivity contribution is -0.132. The number of phenolic OH excluding ortho intramolecular Hbond substituents is 1. The van der Waals surface area contributed by atoms with Crippen LogP contribution < -0.4 is 14.2 Å². The molecule has 2 aromatic carbocycles. The standard InChI is InChI=1S/C21H24N2O7S/c24-16-2-1-3-17(14-16)28-11-6-21(25)22-7-9-23(10-8-22)31(26,27)18-4-5-19-20(15-18)30-13-12-29-19/h1-5,14-15,24H,6-13H2. The number of nitrogens with zero attached hydrogens (tertiary/aromatic N) is 2. The van der Waals surface area contributed by atoms with E-state index < -0.39 is 10.0 Å². The predicted molar refractivity (Wildman–Crippen MR) is 111 cm³/mol. The number of ether oxygens (including phenoxy) is 3. The zero-order valence-corrected chi connectivity index (χ0v) is 17.7. The second-order valence-electron chi connectivity index (χ2n) is 7.19. The van der Waals surface area contributed by atoms with Crippen LogP contribution in [0, 0.1) is 0 Å². The smallest absolute Gasteiger partial charge is 0.243 e. The van der Waals surface area contributed by atoms with Gasteiger partial charge in [0, 0.05) is 38.3 Å². The van der Waals surface area contributed by atoms with E-state index in [4.69, 9.17) is 14.2 Å². The molecule has 0 unspecified atom stereocenters. The van der Waals surface area contributed by atoms with Gasteiger partial charge >= 0.3 is 0 Å². The average Bonchev–Trinajstić information content (AvgIpc) is 2.79. The fourth-order valence-electron chi connectivity index (χ4n) is 3.50. The third kappa shape index (κ3) is 4.86. The Morgan fingerprint density at radius 1 is 1.00 bits per heavy atom. The van der Waals surface area contributed by atoms with Gasteiger partial charge in [-0.25, -0.2) is 8.42 Å². The number of piperazine rings is 1. The maximum absolute atomic E-state index is 13.0. The quantitative estimate of drug-likeness (QED) is 0.713. The van der Waals surface area contributed by atoms with Crippen molar-refractivity contribution in [1.29, 1.82) is 0 Å². The van der Waals surface area contributed by atoms with Gasteiger partial charge in [-0.3, -0.25) is 4.79 Å². The molecule has 1 N–H and O–H groups in total. The molecule has 0 radical (unpaired) electrons. The number of benzene rings is 2. The fourth-order valence-corrected chi connectivity index (χ4v) is 4.94. The van der Waals surface area contributed by atoms with Gasteiger partial charge in [0.05, 0.1) is 17.9 Å². The van der Waals surface area contributed by atoms with Crippen LogP contribution in [0.15, 0.2) is 47.4 Å². The SMILES string of the molecule is O=C(CCOc1cccc(O)c1)N1CCN(S(=O)(=O)c2ccc3c(c2)OCCO3)CC1. The molecule has 1 amide bonds. The molecule has 2 aliphatic heterocycles. The first-order chi connectivity index (χ1) is 14.9. The molecule has 0 aliphatic carbocycles. The first-order valence-electron chi connectivity index (χ1n) is 10.0. The highest BCUT2D eigenvalue weighted by Crippen LogP contribution is 2.33. The molecule has 0 atom stereocenters.